The van der Waals surface area contributed by atoms with Gasteiger partial charge in [0.05, 0.1) is 22.4 Å². The summed E-state index contributed by atoms with van der Waals surface area (Å²) in [7, 11) is 0.834. The minimum atomic E-state index is -0.931. The molecular formula is C19H34B2O4. The predicted octanol–water partition coefficient (Wildman–Crippen LogP) is 1.08. The zero-order chi connectivity index (χ0) is 19.7. The molecule has 25 heavy (non-hydrogen) atoms. The van der Waals surface area contributed by atoms with Gasteiger partial charge in [-0.15, -0.1) is 0 Å². The highest BCUT2D eigenvalue weighted by molar-refractivity contribution is 6.51. The van der Waals surface area contributed by atoms with E-state index in [0.717, 1.165) is 16.5 Å². The Hall–Kier alpha value is -0.810. The molecule has 0 spiro atoms. The first-order chi connectivity index (χ1) is 11.1. The first kappa shape index (κ1) is 22.2. The fourth-order valence-corrected chi connectivity index (χ4v) is 2.00. The van der Waals surface area contributed by atoms with Crippen LogP contribution in [0.25, 0.3) is 0 Å². The highest BCUT2D eigenvalue weighted by Crippen LogP contribution is 2.25. The van der Waals surface area contributed by atoms with Crippen molar-refractivity contribution in [2.75, 3.05) is 0 Å². The van der Waals surface area contributed by atoms with Gasteiger partial charge < -0.3 is 19.5 Å². The molecular weight excluding hydrogens is 314 g/mol. The number of hydrogen-bond donors (Lipinski definition) is 2. The van der Waals surface area contributed by atoms with Crippen LogP contribution in [-0.4, -0.2) is 47.6 Å². The van der Waals surface area contributed by atoms with Gasteiger partial charge in [0.15, 0.2) is 0 Å². The highest BCUT2D eigenvalue weighted by atomic mass is 16.5. The number of rotatable bonds is 8. The van der Waals surface area contributed by atoms with Crippen molar-refractivity contribution in [3.63, 3.8) is 0 Å². The SMILES string of the molecule is Cc1cc(BOC(C)(C)C(C)(C)O)cc(BOC(C)(C)C(C)(C)O)c1. The first-order valence-corrected chi connectivity index (χ1v) is 8.87. The van der Waals surface area contributed by atoms with Crippen molar-refractivity contribution < 1.29 is 19.5 Å². The Morgan fingerprint density at radius 1 is 0.680 bits per heavy atom. The van der Waals surface area contributed by atoms with Crippen LogP contribution in [0.5, 0.6) is 0 Å². The smallest absolute Gasteiger partial charge is 0.309 e. The molecule has 0 atom stereocenters. The predicted molar refractivity (Wildman–Crippen MR) is 108 cm³/mol. The largest absolute Gasteiger partial charge is 0.427 e. The Balaban J connectivity index is 2.84. The number of aryl methyl sites for hydroxylation is 1. The second-order valence-corrected chi connectivity index (χ2v) is 9.04. The van der Waals surface area contributed by atoms with E-state index < -0.39 is 22.4 Å². The van der Waals surface area contributed by atoms with E-state index in [4.69, 9.17) is 9.31 Å². The van der Waals surface area contributed by atoms with Crippen molar-refractivity contribution in [1.29, 1.82) is 0 Å². The minimum absolute atomic E-state index is 0.417. The summed E-state index contributed by atoms with van der Waals surface area (Å²) >= 11 is 0. The molecule has 0 aromatic heterocycles. The lowest BCUT2D eigenvalue weighted by Gasteiger charge is -2.38. The average molecular weight is 348 g/mol. The molecule has 0 radical (unpaired) electrons. The maximum absolute atomic E-state index is 10.2. The molecule has 1 rings (SSSR count). The normalized spacial score (nSPS) is 13.7. The first-order valence-electron chi connectivity index (χ1n) is 8.87. The molecule has 0 bridgehead atoms. The van der Waals surface area contributed by atoms with Gasteiger partial charge in [-0.05, 0) is 62.3 Å². The highest BCUT2D eigenvalue weighted by Gasteiger charge is 2.36. The third kappa shape index (κ3) is 6.14. The molecule has 0 aliphatic rings. The van der Waals surface area contributed by atoms with Crippen LogP contribution in [0.15, 0.2) is 18.2 Å². The lowest BCUT2D eigenvalue weighted by molar-refractivity contribution is -0.0894. The van der Waals surface area contributed by atoms with E-state index in [9.17, 15) is 10.2 Å². The fraction of sp³-hybridized carbons (Fsp3) is 0.684. The van der Waals surface area contributed by atoms with Crippen LogP contribution in [0.2, 0.25) is 0 Å². The maximum atomic E-state index is 10.2. The molecule has 140 valence electrons. The van der Waals surface area contributed by atoms with Crippen LogP contribution >= 0.6 is 0 Å². The molecule has 4 nitrogen and oxygen atoms in total. The summed E-state index contributed by atoms with van der Waals surface area (Å²) in [6.45, 7) is 16.6. The monoisotopic (exact) mass is 348 g/mol. The molecule has 6 heteroatoms. The summed E-state index contributed by atoms with van der Waals surface area (Å²) in [5.74, 6) is 0. The van der Waals surface area contributed by atoms with Gasteiger partial charge in [-0.3, -0.25) is 0 Å². The molecule has 0 saturated carbocycles. The van der Waals surface area contributed by atoms with Crippen molar-refractivity contribution >= 4 is 25.9 Å². The zero-order valence-corrected chi connectivity index (χ0v) is 17.4. The van der Waals surface area contributed by atoms with Crippen LogP contribution in [0.4, 0.5) is 0 Å². The van der Waals surface area contributed by atoms with E-state index in [2.05, 4.69) is 12.1 Å². The number of aliphatic hydroxyl groups is 2. The number of benzene rings is 1. The van der Waals surface area contributed by atoms with Gasteiger partial charge >= 0.3 is 15.0 Å². The van der Waals surface area contributed by atoms with Crippen molar-refractivity contribution in [3.8, 4) is 0 Å². The second-order valence-electron chi connectivity index (χ2n) is 9.04. The molecule has 0 amide bonds. The van der Waals surface area contributed by atoms with E-state index in [0.29, 0.717) is 15.0 Å². The van der Waals surface area contributed by atoms with Crippen LogP contribution in [0, 0.1) is 6.92 Å². The lowest BCUT2D eigenvalue weighted by atomic mass is 9.76. The Labute approximate surface area is 154 Å². The Bertz CT molecular complexity index is 536. The Morgan fingerprint density at radius 3 is 1.28 bits per heavy atom. The van der Waals surface area contributed by atoms with Crippen LogP contribution in [-0.2, 0) is 9.31 Å². The van der Waals surface area contributed by atoms with Crippen molar-refractivity contribution in [2.24, 2.45) is 0 Å². The van der Waals surface area contributed by atoms with Crippen LogP contribution in [0.1, 0.15) is 61.0 Å². The Kier molecular flexibility index (Phi) is 6.61. The quantitative estimate of drug-likeness (QED) is 0.691. The second kappa shape index (κ2) is 7.43. The van der Waals surface area contributed by atoms with Crippen molar-refractivity contribution in [3.05, 3.63) is 23.8 Å². The molecule has 0 heterocycles. The minimum Gasteiger partial charge on any atom is -0.427 e. The van der Waals surface area contributed by atoms with E-state index in [1.807, 2.05) is 40.7 Å². The summed E-state index contributed by atoms with van der Waals surface area (Å²) in [6.07, 6.45) is 0. The Morgan fingerprint density at radius 2 is 1.00 bits per heavy atom. The molecule has 0 fully saturated rings. The molecule has 0 aliphatic heterocycles. The van der Waals surface area contributed by atoms with Crippen molar-refractivity contribution in [1.82, 2.24) is 0 Å². The molecule has 1 aromatic carbocycles. The maximum Gasteiger partial charge on any atom is 0.309 e. The van der Waals surface area contributed by atoms with Gasteiger partial charge in [0.25, 0.3) is 0 Å². The van der Waals surface area contributed by atoms with Gasteiger partial charge in [0.2, 0.25) is 0 Å². The van der Waals surface area contributed by atoms with Gasteiger partial charge in [0.1, 0.15) is 0 Å². The van der Waals surface area contributed by atoms with Crippen LogP contribution < -0.4 is 10.9 Å². The third-order valence-corrected chi connectivity index (χ3v) is 5.34. The number of hydrogen-bond acceptors (Lipinski definition) is 4. The fourth-order valence-electron chi connectivity index (χ4n) is 2.00. The lowest BCUT2D eigenvalue weighted by Crippen LogP contribution is -2.50. The molecule has 0 saturated heterocycles. The summed E-state index contributed by atoms with van der Waals surface area (Å²) in [5, 5.41) is 20.4. The van der Waals surface area contributed by atoms with Gasteiger partial charge in [0, 0.05) is 0 Å². The standard InChI is InChI=1S/C19H34B2O4/c1-13-10-14(20-24-18(6,7)16(2,3)22)12-15(11-13)21-25-19(8,9)17(4,5)23/h10-12,20-23H,1-9H3. The van der Waals surface area contributed by atoms with Gasteiger partial charge in [-0.1, -0.05) is 34.7 Å². The molecule has 2 N–H and O–H groups in total. The zero-order valence-electron chi connectivity index (χ0n) is 17.4. The average Bonchev–Trinajstić information content (AvgIpc) is 2.40. The summed E-state index contributed by atoms with van der Waals surface area (Å²) in [4.78, 5) is 0. The molecule has 0 aliphatic carbocycles. The van der Waals surface area contributed by atoms with E-state index >= 15 is 0 Å². The topological polar surface area (TPSA) is 58.9 Å². The molecule has 0 unspecified atom stereocenters. The third-order valence-electron chi connectivity index (χ3n) is 5.34. The van der Waals surface area contributed by atoms with E-state index in [1.54, 1.807) is 27.7 Å². The summed E-state index contributed by atoms with van der Waals surface area (Å²) < 4.78 is 11.9. The summed E-state index contributed by atoms with van der Waals surface area (Å²) in [6, 6.07) is 6.20. The van der Waals surface area contributed by atoms with Crippen molar-refractivity contribution in [2.45, 2.75) is 84.7 Å². The molecule has 1 aromatic rings. The summed E-state index contributed by atoms with van der Waals surface area (Å²) in [5.41, 5.74) is 0.0295. The van der Waals surface area contributed by atoms with Crippen LogP contribution in [0.3, 0.4) is 0 Å². The van der Waals surface area contributed by atoms with Gasteiger partial charge in [-0.2, -0.15) is 0 Å². The van der Waals surface area contributed by atoms with E-state index in [1.165, 1.54) is 0 Å². The van der Waals surface area contributed by atoms with Gasteiger partial charge in [-0.25, -0.2) is 0 Å². The van der Waals surface area contributed by atoms with E-state index in [-0.39, 0.29) is 0 Å².